The predicted octanol–water partition coefficient (Wildman–Crippen LogP) is 4.54. The highest BCUT2D eigenvalue weighted by Gasteiger charge is 2.38. The van der Waals surface area contributed by atoms with Gasteiger partial charge in [0.1, 0.15) is 17.4 Å². The fraction of sp³-hybridized carbons (Fsp3) is 0.214. The molecule has 3 aromatic carbocycles. The summed E-state index contributed by atoms with van der Waals surface area (Å²) in [5, 5.41) is 0.867. The van der Waals surface area contributed by atoms with E-state index in [1.54, 1.807) is 18.1 Å². The molecule has 0 saturated carbocycles. The number of benzene rings is 3. The van der Waals surface area contributed by atoms with E-state index in [2.05, 4.69) is 0 Å². The van der Waals surface area contributed by atoms with Crippen molar-refractivity contribution in [2.45, 2.75) is 19.0 Å². The maximum absolute atomic E-state index is 13.7. The predicted molar refractivity (Wildman–Crippen MR) is 130 cm³/mol. The van der Waals surface area contributed by atoms with E-state index in [4.69, 9.17) is 9.15 Å². The first kappa shape index (κ1) is 21.8. The van der Waals surface area contributed by atoms with Crippen LogP contribution in [0, 0.1) is 0 Å². The topological polar surface area (TPSA) is 63.0 Å². The number of methoxy groups -OCH3 is 1. The van der Waals surface area contributed by atoms with Gasteiger partial charge in [0, 0.05) is 31.4 Å². The van der Waals surface area contributed by atoms with Gasteiger partial charge in [-0.2, -0.15) is 0 Å². The van der Waals surface area contributed by atoms with Crippen molar-refractivity contribution in [1.29, 1.82) is 0 Å². The van der Waals surface area contributed by atoms with Crippen LogP contribution >= 0.6 is 0 Å². The van der Waals surface area contributed by atoms with Gasteiger partial charge < -0.3 is 19.0 Å². The minimum Gasteiger partial charge on any atom is -0.497 e. The van der Waals surface area contributed by atoms with Crippen LogP contribution in [-0.2, 0) is 17.8 Å². The minimum atomic E-state index is -0.619. The van der Waals surface area contributed by atoms with Gasteiger partial charge in [-0.25, -0.2) is 0 Å². The maximum atomic E-state index is 13.7. The molecule has 2 heterocycles. The van der Waals surface area contributed by atoms with Gasteiger partial charge in [-0.15, -0.1) is 0 Å². The number of rotatable bonds is 6. The first-order valence-corrected chi connectivity index (χ1v) is 11.4. The average Bonchev–Trinajstić information content (AvgIpc) is 3.32. The molecule has 1 atom stereocenters. The van der Waals surface area contributed by atoms with Gasteiger partial charge in [0.25, 0.3) is 5.91 Å². The van der Waals surface area contributed by atoms with E-state index in [9.17, 15) is 9.59 Å². The molecule has 6 heteroatoms. The van der Waals surface area contributed by atoms with Crippen LogP contribution in [0.2, 0.25) is 0 Å². The number of hydrogen-bond acceptors (Lipinski definition) is 4. The summed E-state index contributed by atoms with van der Waals surface area (Å²) in [6.45, 7) is 1.43. The summed E-state index contributed by atoms with van der Waals surface area (Å²) in [5.41, 5.74) is 2.69. The number of para-hydroxylation sites is 1. The van der Waals surface area contributed by atoms with E-state index in [0.29, 0.717) is 31.6 Å². The van der Waals surface area contributed by atoms with E-state index < -0.39 is 6.04 Å². The molecule has 0 N–H and O–H groups in total. The third-order valence-electron chi connectivity index (χ3n) is 6.29. The van der Waals surface area contributed by atoms with E-state index in [1.807, 2.05) is 83.8 Å². The molecule has 2 amide bonds. The molecular weight excluding hydrogens is 428 g/mol. The van der Waals surface area contributed by atoms with Crippen LogP contribution in [0.5, 0.6) is 5.75 Å². The first-order chi connectivity index (χ1) is 16.6. The van der Waals surface area contributed by atoms with Crippen LogP contribution in [0.4, 0.5) is 0 Å². The Labute approximate surface area is 198 Å². The molecular formula is C28H26N2O4. The summed E-state index contributed by atoms with van der Waals surface area (Å²) >= 11 is 0. The van der Waals surface area contributed by atoms with Crippen molar-refractivity contribution >= 4 is 22.8 Å². The van der Waals surface area contributed by atoms with Crippen molar-refractivity contribution in [2.24, 2.45) is 0 Å². The van der Waals surface area contributed by atoms with Crippen molar-refractivity contribution in [3.8, 4) is 5.75 Å². The van der Waals surface area contributed by atoms with Crippen LogP contribution in [0.25, 0.3) is 11.0 Å². The normalized spacial score (nSPS) is 16.1. The lowest BCUT2D eigenvalue weighted by Crippen LogP contribution is -2.59. The van der Waals surface area contributed by atoms with Gasteiger partial charge in [-0.3, -0.25) is 9.59 Å². The Bertz CT molecular complexity index is 1260. The minimum absolute atomic E-state index is 0.0598. The van der Waals surface area contributed by atoms with Crippen molar-refractivity contribution < 1.29 is 18.7 Å². The van der Waals surface area contributed by atoms with Crippen molar-refractivity contribution in [3.63, 3.8) is 0 Å². The zero-order valence-corrected chi connectivity index (χ0v) is 19.0. The standard InChI is InChI=1S/C28H26N2O4/c1-33-23-13-11-20(12-14-23)17-24-27(31)29(19-21-7-3-2-4-8-21)15-16-30(24)28(32)26-18-22-9-5-6-10-25(22)34-26/h2-14,18,24H,15-17,19H2,1H3/t24-/m0/s1. The summed E-state index contributed by atoms with van der Waals surface area (Å²) in [5.74, 6) is 0.683. The zero-order chi connectivity index (χ0) is 23.5. The fourth-order valence-electron chi connectivity index (χ4n) is 4.45. The number of hydrogen-bond donors (Lipinski definition) is 0. The number of nitrogens with zero attached hydrogens (tertiary/aromatic N) is 2. The largest absolute Gasteiger partial charge is 0.497 e. The number of amides is 2. The molecule has 1 aliphatic rings. The Morgan fingerprint density at radius 3 is 2.41 bits per heavy atom. The Balaban J connectivity index is 1.43. The zero-order valence-electron chi connectivity index (χ0n) is 19.0. The van der Waals surface area contributed by atoms with Crippen LogP contribution in [0.15, 0.2) is 89.3 Å². The molecule has 1 aliphatic heterocycles. The van der Waals surface area contributed by atoms with Crippen LogP contribution in [0.3, 0.4) is 0 Å². The van der Waals surface area contributed by atoms with Crippen molar-refractivity contribution in [3.05, 3.63) is 102 Å². The Morgan fingerprint density at radius 1 is 0.941 bits per heavy atom. The lowest BCUT2D eigenvalue weighted by molar-refractivity contribution is -0.140. The van der Waals surface area contributed by atoms with Gasteiger partial charge in [0.15, 0.2) is 5.76 Å². The smallest absolute Gasteiger partial charge is 0.290 e. The highest BCUT2D eigenvalue weighted by molar-refractivity contribution is 5.99. The Morgan fingerprint density at radius 2 is 1.68 bits per heavy atom. The molecule has 0 aliphatic carbocycles. The Kier molecular flexibility index (Phi) is 6.04. The summed E-state index contributed by atoms with van der Waals surface area (Å²) in [4.78, 5) is 30.7. The van der Waals surface area contributed by atoms with Gasteiger partial charge >= 0.3 is 0 Å². The summed E-state index contributed by atoms with van der Waals surface area (Å²) in [7, 11) is 1.62. The van der Waals surface area contributed by atoms with E-state index in [-0.39, 0.29) is 17.6 Å². The van der Waals surface area contributed by atoms with Crippen molar-refractivity contribution in [2.75, 3.05) is 20.2 Å². The number of ether oxygens (including phenoxy) is 1. The lowest BCUT2D eigenvalue weighted by atomic mass is 10.00. The van der Waals surface area contributed by atoms with Crippen LogP contribution in [0.1, 0.15) is 21.7 Å². The third kappa shape index (κ3) is 4.39. The SMILES string of the molecule is COc1ccc(C[C@H]2C(=O)N(Cc3ccccc3)CCN2C(=O)c2cc3ccccc3o2)cc1. The number of carbonyl (C=O) groups is 2. The molecule has 34 heavy (non-hydrogen) atoms. The molecule has 0 unspecified atom stereocenters. The number of fused-ring (bicyclic) bond motifs is 1. The van der Waals surface area contributed by atoms with Gasteiger partial charge in [-0.05, 0) is 35.4 Å². The van der Waals surface area contributed by atoms with Gasteiger partial charge in [0.2, 0.25) is 5.91 Å². The van der Waals surface area contributed by atoms with E-state index >= 15 is 0 Å². The lowest BCUT2D eigenvalue weighted by Gasteiger charge is -2.40. The molecule has 5 rings (SSSR count). The number of piperazine rings is 1. The van der Waals surface area contributed by atoms with Crippen molar-refractivity contribution in [1.82, 2.24) is 9.80 Å². The van der Waals surface area contributed by atoms with E-state index in [0.717, 1.165) is 22.3 Å². The second kappa shape index (κ2) is 9.43. The molecule has 1 aromatic heterocycles. The molecule has 1 saturated heterocycles. The second-order valence-corrected chi connectivity index (χ2v) is 8.46. The van der Waals surface area contributed by atoms with E-state index in [1.165, 1.54) is 0 Å². The molecule has 6 nitrogen and oxygen atoms in total. The number of carbonyl (C=O) groups excluding carboxylic acids is 2. The molecule has 172 valence electrons. The summed E-state index contributed by atoms with van der Waals surface area (Å²) in [6.07, 6.45) is 0.417. The second-order valence-electron chi connectivity index (χ2n) is 8.46. The highest BCUT2D eigenvalue weighted by atomic mass is 16.5. The molecule has 0 bridgehead atoms. The average molecular weight is 455 g/mol. The maximum Gasteiger partial charge on any atom is 0.290 e. The molecule has 0 spiro atoms. The monoisotopic (exact) mass is 454 g/mol. The highest BCUT2D eigenvalue weighted by Crippen LogP contribution is 2.25. The Hall–Kier alpha value is -4.06. The quantitative estimate of drug-likeness (QED) is 0.429. The number of furan rings is 1. The van der Waals surface area contributed by atoms with Crippen LogP contribution < -0.4 is 4.74 Å². The van der Waals surface area contributed by atoms with Gasteiger partial charge in [0.05, 0.1) is 7.11 Å². The van der Waals surface area contributed by atoms with Gasteiger partial charge in [-0.1, -0.05) is 60.7 Å². The van der Waals surface area contributed by atoms with Crippen LogP contribution in [-0.4, -0.2) is 47.9 Å². The third-order valence-corrected chi connectivity index (χ3v) is 6.29. The summed E-state index contributed by atoms with van der Waals surface area (Å²) < 4.78 is 11.1. The summed E-state index contributed by atoms with van der Waals surface area (Å²) in [6, 6.07) is 26.2. The molecule has 1 fully saturated rings. The molecule has 0 radical (unpaired) electrons. The fourth-order valence-corrected chi connectivity index (χ4v) is 4.45. The molecule has 4 aromatic rings. The first-order valence-electron chi connectivity index (χ1n) is 11.4.